The van der Waals surface area contributed by atoms with Crippen molar-refractivity contribution in [2.45, 2.75) is 38.5 Å². The molecule has 0 spiro atoms. The first-order valence-corrected chi connectivity index (χ1v) is 12.1. The summed E-state index contributed by atoms with van der Waals surface area (Å²) in [7, 11) is 1.66. The van der Waals surface area contributed by atoms with Crippen LogP contribution in [0, 0.1) is 5.82 Å². The predicted molar refractivity (Wildman–Crippen MR) is 134 cm³/mol. The van der Waals surface area contributed by atoms with E-state index >= 15 is 0 Å². The summed E-state index contributed by atoms with van der Waals surface area (Å²) in [6, 6.07) is 17.5. The van der Waals surface area contributed by atoms with Gasteiger partial charge in [-0.2, -0.15) is 0 Å². The van der Waals surface area contributed by atoms with Crippen molar-refractivity contribution < 1.29 is 13.9 Å². The molecule has 0 radical (unpaired) electrons. The van der Waals surface area contributed by atoms with Crippen LogP contribution in [0.4, 0.5) is 10.1 Å². The number of halogens is 1. The van der Waals surface area contributed by atoms with Gasteiger partial charge < -0.3 is 15.0 Å². The minimum atomic E-state index is -0.194. The maximum atomic E-state index is 13.7. The molecule has 1 fully saturated rings. The Balaban J connectivity index is 1.19. The number of amides is 1. The molecule has 2 aliphatic heterocycles. The van der Waals surface area contributed by atoms with E-state index in [9.17, 15) is 9.18 Å². The van der Waals surface area contributed by atoms with Gasteiger partial charge in [0.2, 0.25) is 0 Å². The highest BCUT2D eigenvalue weighted by Crippen LogP contribution is 2.30. The summed E-state index contributed by atoms with van der Waals surface area (Å²) in [5, 5.41) is 4.75. The third-order valence-electron chi connectivity index (χ3n) is 7.28. The minimum absolute atomic E-state index is 0.0473. The van der Waals surface area contributed by atoms with Crippen LogP contribution in [-0.2, 0) is 17.8 Å². The van der Waals surface area contributed by atoms with Crippen molar-refractivity contribution in [2.24, 2.45) is 0 Å². The van der Waals surface area contributed by atoms with Crippen LogP contribution < -0.4 is 10.2 Å². The van der Waals surface area contributed by atoms with Gasteiger partial charge in [0.25, 0.3) is 5.91 Å². The first kappa shape index (κ1) is 22.8. The first-order valence-electron chi connectivity index (χ1n) is 12.1. The Morgan fingerprint density at radius 2 is 2.00 bits per heavy atom. The maximum Gasteiger partial charge on any atom is 0.251 e. The number of anilines is 1. The second kappa shape index (κ2) is 9.72. The molecule has 2 atom stereocenters. The van der Waals surface area contributed by atoms with Crippen LogP contribution in [0.15, 0.2) is 54.6 Å². The molecule has 2 heterocycles. The molecule has 1 N–H and O–H groups in total. The second-order valence-electron chi connectivity index (χ2n) is 9.46. The molecule has 0 bridgehead atoms. The summed E-state index contributed by atoms with van der Waals surface area (Å²) in [6.45, 7) is 6.77. The van der Waals surface area contributed by atoms with E-state index < -0.39 is 0 Å². The molecular formula is C28H32FN3O2. The summed E-state index contributed by atoms with van der Waals surface area (Å²) in [4.78, 5) is 17.0. The first-order chi connectivity index (χ1) is 16.5. The van der Waals surface area contributed by atoms with Gasteiger partial charge in [-0.15, -0.1) is 0 Å². The number of hydrogen-bond acceptors (Lipinski definition) is 4. The Kier molecular flexibility index (Phi) is 6.53. The lowest BCUT2D eigenvalue weighted by molar-refractivity contribution is 0.0138. The van der Waals surface area contributed by atoms with Crippen LogP contribution in [0.1, 0.15) is 34.8 Å². The van der Waals surface area contributed by atoms with E-state index in [-0.39, 0.29) is 17.8 Å². The van der Waals surface area contributed by atoms with Crippen molar-refractivity contribution in [1.29, 1.82) is 0 Å². The van der Waals surface area contributed by atoms with Crippen molar-refractivity contribution in [3.05, 3.63) is 77.1 Å². The van der Waals surface area contributed by atoms with Crippen molar-refractivity contribution in [1.82, 2.24) is 10.2 Å². The number of piperazine rings is 1. The van der Waals surface area contributed by atoms with Crippen LogP contribution in [0.25, 0.3) is 10.8 Å². The molecule has 0 aliphatic carbocycles. The van der Waals surface area contributed by atoms with E-state index in [0.29, 0.717) is 18.2 Å². The molecule has 5 rings (SSSR count). The predicted octanol–water partition coefficient (Wildman–Crippen LogP) is 4.38. The topological polar surface area (TPSA) is 44.8 Å². The highest BCUT2D eigenvalue weighted by atomic mass is 19.1. The van der Waals surface area contributed by atoms with Crippen LogP contribution in [0.2, 0.25) is 0 Å². The van der Waals surface area contributed by atoms with Crippen LogP contribution in [0.3, 0.4) is 0 Å². The van der Waals surface area contributed by atoms with E-state index in [4.69, 9.17) is 4.74 Å². The fourth-order valence-electron chi connectivity index (χ4n) is 5.31. The Hall–Kier alpha value is -2.96. The molecule has 3 aromatic rings. The van der Waals surface area contributed by atoms with Crippen molar-refractivity contribution in [3.63, 3.8) is 0 Å². The van der Waals surface area contributed by atoms with Gasteiger partial charge in [0.05, 0.1) is 12.7 Å². The number of rotatable bonds is 5. The van der Waals surface area contributed by atoms with Crippen molar-refractivity contribution in [2.75, 3.05) is 38.1 Å². The SMILES string of the molecule is CNC(=O)c1ccc2c(c1)CC(CCN1CCN(c3cccc4cc(F)ccc34)C[C@H]1C)OC2. The quantitative estimate of drug-likeness (QED) is 0.613. The van der Waals surface area contributed by atoms with Crippen LogP contribution in [-0.4, -0.2) is 56.2 Å². The Morgan fingerprint density at radius 1 is 1.12 bits per heavy atom. The molecule has 1 saturated heterocycles. The lowest BCUT2D eigenvalue weighted by atomic mass is 9.95. The monoisotopic (exact) mass is 461 g/mol. The summed E-state index contributed by atoms with van der Waals surface area (Å²) in [5.74, 6) is -0.242. The van der Waals surface area contributed by atoms with E-state index in [1.54, 1.807) is 19.2 Å². The zero-order valence-electron chi connectivity index (χ0n) is 19.9. The Labute approximate surface area is 200 Å². The zero-order valence-corrected chi connectivity index (χ0v) is 19.9. The second-order valence-corrected chi connectivity index (χ2v) is 9.46. The van der Waals surface area contributed by atoms with Gasteiger partial charge in [-0.05, 0) is 72.7 Å². The molecular weight excluding hydrogens is 429 g/mol. The highest BCUT2D eigenvalue weighted by Gasteiger charge is 2.27. The molecule has 0 aromatic heterocycles. The number of nitrogens with zero attached hydrogens (tertiary/aromatic N) is 2. The smallest absolute Gasteiger partial charge is 0.251 e. The van der Waals surface area contributed by atoms with Gasteiger partial charge in [-0.1, -0.05) is 18.2 Å². The summed E-state index contributed by atoms with van der Waals surface area (Å²) >= 11 is 0. The van der Waals surface area contributed by atoms with Crippen molar-refractivity contribution >= 4 is 22.4 Å². The summed E-state index contributed by atoms with van der Waals surface area (Å²) in [6.07, 6.45) is 1.99. The molecule has 0 saturated carbocycles. The van der Waals surface area contributed by atoms with Gasteiger partial charge >= 0.3 is 0 Å². The van der Waals surface area contributed by atoms with E-state index in [2.05, 4.69) is 28.1 Å². The summed E-state index contributed by atoms with van der Waals surface area (Å²) in [5.41, 5.74) is 4.30. The van der Waals surface area contributed by atoms with Crippen molar-refractivity contribution in [3.8, 4) is 0 Å². The Morgan fingerprint density at radius 3 is 2.82 bits per heavy atom. The molecule has 1 amide bonds. The van der Waals surface area contributed by atoms with Gasteiger partial charge in [0, 0.05) is 55.9 Å². The normalized spacial score (nSPS) is 20.9. The fraction of sp³-hybridized carbons (Fsp3) is 0.393. The number of carbonyl (C=O) groups is 1. The molecule has 6 heteroatoms. The fourth-order valence-corrected chi connectivity index (χ4v) is 5.31. The molecule has 2 aliphatic rings. The number of ether oxygens (including phenoxy) is 1. The molecule has 5 nitrogen and oxygen atoms in total. The van der Waals surface area contributed by atoms with Gasteiger partial charge in [-0.3, -0.25) is 9.69 Å². The lowest BCUT2D eigenvalue weighted by Crippen LogP contribution is -2.52. The molecule has 3 aromatic carbocycles. The molecule has 178 valence electrons. The molecule has 1 unspecified atom stereocenters. The Bertz CT molecular complexity index is 1200. The zero-order chi connectivity index (χ0) is 23.7. The van der Waals surface area contributed by atoms with Gasteiger partial charge in [0.1, 0.15) is 5.82 Å². The average molecular weight is 462 g/mol. The van der Waals surface area contributed by atoms with E-state index in [1.807, 2.05) is 36.4 Å². The van der Waals surface area contributed by atoms with E-state index in [1.165, 1.54) is 16.8 Å². The van der Waals surface area contributed by atoms with Crippen LogP contribution in [0.5, 0.6) is 0 Å². The molecule has 34 heavy (non-hydrogen) atoms. The largest absolute Gasteiger partial charge is 0.373 e. The minimum Gasteiger partial charge on any atom is -0.373 e. The number of carbonyl (C=O) groups excluding carboxylic acids is 1. The third kappa shape index (κ3) is 4.65. The number of hydrogen-bond donors (Lipinski definition) is 1. The van der Waals surface area contributed by atoms with Gasteiger partial charge in [0.15, 0.2) is 0 Å². The third-order valence-corrected chi connectivity index (χ3v) is 7.28. The van der Waals surface area contributed by atoms with Gasteiger partial charge in [-0.25, -0.2) is 4.39 Å². The van der Waals surface area contributed by atoms with Crippen LogP contribution >= 0.6 is 0 Å². The number of nitrogens with one attached hydrogen (secondary N) is 1. The van der Waals surface area contributed by atoms with E-state index in [0.717, 1.165) is 49.8 Å². The summed E-state index contributed by atoms with van der Waals surface area (Å²) < 4.78 is 19.8. The number of fused-ring (bicyclic) bond motifs is 2. The highest BCUT2D eigenvalue weighted by molar-refractivity contribution is 5.95. The number of benzene rings is 3. The average Bonchev–Trinajstić information content (AvgIpc) is 2.86. The maximum absolute atomic E-state index is 13.7. The standard InChI is InChI=1S/C28H32FN3O2/c1-19-17-32(27-5-3-4-20-15-24(29)8-9-26(20)27)13-12-31(19)11-10-25-16-23-14-21(28(33)30-2)6-7-22(23)18-34-25/h3-9,14-15,19,25H,10-13,16-18H2,1-2H3,(H,30,33)/t19-,25?/m1/s1. The lowest BCUT2D eigenvalue weighted by Gasteiger charge is -2.42.